The van der Waals surface area contributed by atoms with Crippen LogP contribution in [0.25, 0.3) is 0 Å². The highest BCUT2D eigenvalue weighted by molar-refractivity contribution is 5.93. The maximum Gasteiger partial charge on any atom is 0.255 e. The normalized spacial score (nSPS) is 22.0. The first-order chi connectivity index (χ1) is 12.1. The number of hydrogen-bond donors (Lipinski definition) is 0. The fourth-order valence-electron chi connectivity index (χ4n) is 3.70. The van der Waals surface area contributed by atoms with E-state index in [1.807, 2.05) is 15.9 Å². The lowest BCUT2D eigenvalue weighted by Crippen LogP contribution is -2.47. The highest BCUT2D eigenvalue weighted by Crippen LogP contribution is 2.23. The van der Waals surface area contributed by atoms with Crippen LogP contribution >= 0.6 is 0 Å². The van der Waals surface area contributed by atoms with E-state index in [4.69, 9.17) is 0 Å². The minimum Gasteiger partial charge on any atom is -0.340 e. The fourth-order valence-corrected chi connectivity index (χ4v) is 3.70. The summed E-state index contributed by atoms with van der Waals surface area (Å²) in [5.74, 6) is 0.748. The van der Waals surface area contributed by atoms with Crippen LogP contribution < -0.4 is 0 Å². The van der Waals surface area contributed by atoms with Crippen molar-refractivity contribution in [2.45, 2.75) is 25.7 Å². The maximum absolute atomic E-state index is 12.6. The fraction of sp³-hybridized carbons (Fsp3) is 0.632. The highest BCUT2D eigenvalue weighted by Gasteiger charge is 2.26. The Labute approximate surface area is 149 Å². The number of piperazine rings is 1. The molecule has 1 aromatic rings. The van der Waals surface area contributed by atoms with Crippen LogP contribution in [0.5, 0.6) is 0 Å². The zero-order valence-corrected chi connectivity index (χ0v) is 15.1. The van der Waals surface area contributed by atoms with E-state index >= 15 is 0 Å². The SMILES string of the molecule is CN1CCN(C(=O)CC[C@@H]2CCCN(C(=O)c3cccnc3)C2)CC1. The number of carbonyl (C=O) groups is 2. The van der Waals surface area contributed by atoms with E-state index in [0.717, 1.165) is 58.5 Å². The predicted molar refractivity (Wildman–Crippen MR) is 96.2 cm³/mol. The van der Waals surface area contributed by atoms with Crippen LogP contribution in [0.1, 0.15) is 36.0 Å². The minimum absolute atomic E-state index is 0.0585. The Morgan fingerprint density at radius 3 is 2.68 bits per heavy atom. The summed E-state index contributed by atoms with van der Waals surface area (Å²) in [5, 5.41) is 0. The Kier molecular flexibility index (Phi) is 6.02. The molecule has 0 aliphatic carbocycles. The van der Waals surface area contributed by atoms with Gasteiger partial charge in [0.05, 0.1) is 5.56 Å². The van der Waals surface area contributed by atoms with Crippen LogP contribution in [0.4, 0.5) is 0 Å². The standard InChI is InChI=1S/C19H28N4O2/c1-21-10-12-22(13-11-21)18(24)7-6-16-4-3-9-23(15-16)19(25)17-5-2-8-20-14-17/h2,5,8,14,16H,3-4,6-7,9-13,15H2,1H3/t16-/m0/s1. The first-order valence-corrected chi connectivity index (χ1v) is 9.29. The van der Waals surface area contributed by atoms with Crippen molar-refractivity contribution < 1.29 is 9.59 Å². The lowest BCUT2D eigenvalue weighted by atomic mass is 9.92. The first kappa shape index (κ1) is 17.9. The molecule has 1 atom stereocenters. The van der Waals surface area contributed by atoms with E-state index in [-0.39, 0.29) is 11.8 Å². The van der Waals surface area contributed by atoms with E-state index < -0.39 is 0 Å². The molecule has 0 radical (unpaired) electrons. The summed E-state index contributed by atoms with van der Waals surface area (Å²) in [7, 11) is 2.09. The minimum atomic E-state index is 0.0585. The van der Waals surface area contributed by atoms with Gasteiger partial charge in [-0.2, -0.15) is 0 Å². The number of hydrogen-bond acceptors (Lipinski definition) is 4. The molecule has 0 spiro atoms. The van der Waals surface area contributed by atoms with Crippen LogP contribution in [0.15, 0.2) is 24.5 Å². The van der Waals surface area contributed by atoms with E-state index in [1.165, 1.54) is 0 Å². The Morgan fingerprint density at radius 2 is 1.96 bits per heavy atom. The molecule has 3 rings (SSSR count). The molecule has 0 saturated carbocycles. The second-order valence-electron chi connectivity index (χ2n) is 7.22. The molecule has 2 aliphatic rings. The van der Waals surface area contributed by atoms with Crippen molar-refractivity contribution in [2.24, 2.45) is 5.92 Å². The van der Waals surface area contributed by atoms with Gasteiger partial charge in [-0.1, -0.05) is 0 Å². The average Bonchev–Trinajstić information content (AvgIpc) is 2.67. The number of aromatic nitrogens is 1. The summed E-state index contributed by atoms with van der Waals surface area (Å²) in [5.41, 5.74) is 0.650. The Bertz CT molecular complexity index is 584. The maximum atomic E-state index is 12.6. The second kappa shape index (κ2) is 8.43. The number of nitrogens with zero attached hydrogens (tertiary/aromatic N) is 4. The molecule has 2 amide bonds. The van der Waals surface area contributed by atoms with Gasteiger partial charge in [0.1, 0.15) is 0 Å². The number of piperidine rings is 1. The lowest BCUT2D eigenvalue weighted by Gasteiger charge is -2.34. The summed E-state index contributed by atoms with van der Waals surface area (Å²) in [6, 6.07) is 3.61. The van der Waals surface area contributed by atoms with Crippen LogP contribution in [-0.2, 0) is 4.79 Å². The van der Waals surface area contributed by atoms with E-state index in [1.54, 1.807) is 18.5 Å². The molecule has 6 nitrogen and oxygen atoms in total. The van der Waals surface area contributed by atoms with Crippen LogP contribution in [-0.4, -0.2) is 77.8 Å². The zero-order valence-electron chi connectivity index (χ0n) is 15.1. The van der Waals surface area contributed by atoms with Crippen LogP contribution in [0.2, 0.25) is 0 Å². The van der Waals surface area contributed by atoms with Gasteiger partial charge >= 0.3 is 0 Å². The lowest BCUT2D eigenvalue weighted by molar-refractivity contribution is -0.133. The number of pyridine rings is 1. The number of amides is 2. The smallest absolute Gasteiger partial charge is 0.255 e. The third-order valence-electron chi connectivity index (χ3n) is 5.34. The molecule has 3 heterocycles. The van der Waals surface area contributed by atoms with Gasteiger partial charge in [0.2, 0.25) is 5.91 Å². The van der Waals surface area contributed by atoms with Gasteiger partial charge in [0.15, 0.2) is 0 Å². The largest absolute Gasteiger partial charge is 0.340 e. The number of likely N-dealkylation sites (N-methyl/N-ethyl adjacent to an activating group) is 1. The van der Waals surface area contributed by atoms with E-state index in [2.05, 4.69) is 16.9 Å². The molecule has 0 unspecified atom stereocenters. The van der Waals surface area contributed by atoms with Gasteiger partial charge < -0.3 is 14.7 Å². The van der Waals surface area contributed by atoms with Crippen molar-refractivity contribution in [1.82, 2.24) is 19.7 Å². The average molecular weight is 344 g/mol. The van der Waals surface area contributed by atoms with Crippen molar-refractivity contribution in [2.75, 3.05) is 46.3 Å². The summed E-state index contributed by atoms with van der Waals surface area (Å²) in [4.78, 5) is 35.2. The molecule has 1 aromatic heterocycles. The van der Waals surface area contributed by atoms with Gasteiger partial charge in [0.25, 0.3) is 5.91 Å². The summed E-state index contributed by atoms with van der Waals surface area (Å²) in [6.07, 6.45) is 6.90. The zero-order chi connectivity index (χ0) is 17.6. The van der Waals surface area contributed by atoms with Gasteiger partial charge in [-0.25, -0.2) is 0 Å². The monoisotopic (exact) mass is 344 g/mol. The molecule has 136 valence electrons. The molecule has 6 heteroatoms. The summed E-state index contributed by atoms with van der Waals surface area (Å²) >= 11 is 0. The molecular weight excluding hydrogens is 316 g/mol. The second-order valence-corrected chi connectivity index (χ2v) is 7.22. The Morgan fingerprint density at radius 1 is 1.16 bits per heavy atom. The molecule has 2 aliphatic heterocycles. The molecule has 0 bridgehead atoms. The quantitative estimate of drug-likeness (QED) is 0.830. The summed E-state index contributed by atoms with van der Waals surface area (Å²) in [6.45, 7) is 5.16. The van der Waals surface area contributed by atoms with E-state index in [0.29, 0.717) is 17.9 Å². The van der Waals surface area contributed by atoms with Crippen molar-refractivity contribution >= 4 is 11.8 Å². The van der Waals surface area contributed by atoms with Crippen molar-refractivity contribution in [1.29, 1.82) is 0 Å². The highest BCUT2D eigenvalue weighted by atomic mass is 16.2. The first-order valence-electron chi connectivity index (χ1n) is 9.29. The van der Waals surface area contributed by atoms with Gasteiger partial charge in [-0.3, -0.25) is 14.6 Å². The van der Waals surface area contributed by atoms with Gasteiger partial charge in [-0.15, -0.1) is 0 Å². The third kappa shape index (κ3) is 4.78. The Hall–Kier alpha value is -1.95. The van der Waals surface area contributed by atoms with Crippen LogP contribution in [0.3, 0.4) is 0 Å². The molecule has 0 aromatic carbocycles. The number of carbonyl (C=O) groups excluding carboxylic acids is 2. The summed E-state index contributed by atoms with van der Waals surface area (Å²) < 4.78 is 0. The van der Waals surface area contributed by atoms with Gasteiger partial charge in [0, 0.05) is 58.1 Å². The molecule has 0 N–H and O–H groups in total. The molecule has 2 saturated heterocycles. The molecule has 2 fully saturated rings. The third-order valence-corrected chi connectivity index (χ3v) is 5.34. The predicted octanol–water partition coefficient (Wildman–Crippen LogP) is 1.49. The number of likely N-dealkylation sites (tertiary alicyclic amines) is 1. The molecular formula is C19H28N4O2. The topological polar surface area (TPSA) is 56.8 Å². The van der Waals surface area contributed by atoms with Crippen LogP contribution in [0, 0.1) is 5.92 Å². The van der Waals surface area contributed by atoms with Crippen molar-refractivity contribution in [3.63, 3.8) is 0 Å². The van der Waals surface area contributed by atoms with E-state index in [9.17, 15) is 9.59 Å². The van der Waals surface area contributed by atoms with Crippen molar-refractivity contribution in [3.05, 3.63) is 30.1 Å². The van der Waals surface area contributed by atoms with Crippen molar-refractivity contribution in [3.8, 4) is 0 Å². The molecule has 25 heavy (non-hydrogen) atoms. The Balaban J connectivity index is 1.47. The van der Waals surface area contributed by atoms with Gasteiger partial charge in [-0.05, 0) is 44.4 Å². The number of rotatable bonds is 4.